The molecule has 0 fully saturated rings. The molecule has 0 aliphatic carbocycles. The molecular weight excluding hydrogens is 248 g/mol. The number of hydrogen-bond acceptors (Lipinski definition) is 3. The molecule has 0 saturated carbocycles. The molecule has 4 nitrogen and oxygen atoms in total. The Morgan fingerprint density at radius 1 is 1.39 bits per heavy atom. The summed E-state index contributed by atoms with van der Waals surface area (Å²) in [4.78, 5) is 0. The molecule has 94 valence electrons. The largest absolute Gasteiger partial charge is 0.219 e. The van der Waals surface area contributed by atoms with E-state index in [0.717, 1.165) is 0 Å². The summed E-state index contributed by atoms with van der Waals surface area (Å²) in [6.45, 7) is 2.10. The monoisotopic (exact) mass is 262 g/mol. The minimum absolute atomic E-state index is 0.0492. The Labute approximate surface area is 108 Å². The quantitative estimate of drug-likeness (QED) is 0.752. The van der Waals surface area contributed by atoms with Gasteiger partial charge in [-0.05, 0) is 11.6 Å². The molecular formula is C13H14N2O2S. The van der Waals surface area contributed by atoms with Crippen molar-refractivity contribution in [3.8, 4) is 18.4 Å². The lowest BCUT2D eigenvalue weighted by Crippen LogP contribution is -2.32. The lowest BCUT2D eigenvalue weighted by molar-refractivity contribution is 0.463. The van der Waals surface area contributed by atoms with E-state index in [4.69, 9.17) is 11.7 Å². The van der Waals surface area contributed by atoms with Crippen molar-refractivity contribution < 1.29 is 8.42 Å². The van der Waals surface area contributed by atoms with E-state index >= 15 is 0 Å². The van der Waals surface area contributed by atoms with E-state index in [0.29, 0.717) is 17.7 Å². The lowest BCUT2D eigenvalue weighted by Gasteiger charge is -2.18. The Bertz CT molecular complexity index is 594. The van der Waals surface area contributed by atoms with Crippen LogP contribution in [0.4, 0.5) is 0 Å². The van der Waals surface area contributed by atoms with Crippen LogP contribution in [0.25, 0.3) is 0 Å². The van der Waals surface area contributed by atoms with Gasteiger partial charge in [0.05, 0.1) is 23.9 Å². The zero-order chi connectivity index (χ0) is 13.6. The molecule has 0 heterocycles. The number of sulfonamides is 1. The number of nitrogens with zero attached hydrogens (tertiary/aromatic N) is 2. The molecule has 0 spiro atoms. The number of hydrogen-bond donors (Lipinski definition) is 0. The first-order chi connectivity index (χ1) is 8.55. The molecule has 0 amide bonds. The number of terminal acetylenes is 1. The Balaban J connectivity index is 3.03. The highest BCUT2D eigenvalue weighted by Gasteiger charge is 2.21. The minimum Gasteiger partial charge on any atom is -0.212 e. The molecule has 0 unspecified atom stereocenters. The maximum atomic E-state index is 12.1. The average Bonchev–Trinajstić information content (AvgIpc) is 2.35. The molecule has 0 aliphatic rings. The predicted octanol–water partition coefficient (Wildman–Crippen LogP) is 1.34. The van der Waals surface area contributed by atoms with Crippen molar-refractivity contribution in [1.29, 1.82) is 5.26 Å². The number of benzene rings is 1. The third kappa shape index (κ3) is 3.33. The summed E-state index contributed by atoms with van der Waals surface area (Å²) in [5.74, 6) is 2.12. The van der Waals surface area contributed by atoms with Gasteiger partial charge in [0.1, 0.15) is 0 Å². The highest BCUT2D eigenvalue weighted by atomic mass is 32.2. The highest BCUT2D eigenvalue weighted by molar-refractivity contribution is 7.88. The van der Waals surface area contributed by atoms with Crippen LogP contribution in [0.1, 0.15) is 18.1 Å². The number of nitriles is 1. The molecule has 18 heavy (non-hydrogen) atoms. The Morgan fingerprint density at radius 3 is 2.61 bits per heavy atom. The average molecular weight is 262 g/mol. The first-order valence-electron chi connectivity index (χ1n) is 5.44. The van der Waals surface area contributed by atoms with Crippen LogP contribution in [0, 0.1) is 23.7 Å². The van der Waals surface area contributed by atoms with E-state index in [-0.39, 0.29) is 12.3 Å². The summed E-state index contributed by atoms with van der Waals surface area (Å²) in [6.07, 6.45) is 5.14. The Kier molecular flexibility index (Phi) is 4.91. The normalized spacial score (nSPS) is 10.9. The zero-order valence-corrected chi connectivity index (χ0v) is 10.9. The van der Waals surface area contributed by atoms with Gasteiger partial charge < -0.3 is 0 Å². The van der Waals surface area contributed by atoms with Crippen molar-refractivity contribution in [1.82, 2.24) is 4.31 Å². The highest BCUT2D eigenvalue weighted by Crippen LogP contribution is 2.14. The molecule has 5 heteroatoms. The molecule has 0 N–H and O–H groups in total. The van der Waals surface area contributed by atoms with Crippen LogP contribution in [0.15, 0.2) is 24.3 Å². The molecule has 0 aliphatic heterocycles. The summed E-state index contributed by atoms with van der Waals surface area (Å²) in [5.41, 5.74) is 0.869. The van der Waals surface area contributed by atoms with Gasteiger partial charge in [0.15, 0.2) is 0 Å². The van der Waals surface area contributed by atoms with E-state index in [9.17, 15) is 8.42 Å². The van der Waals surface area contributed by atoms with Gasteiger partial charge in [-0.25, -0.2) is 8.42 Å². The molecule has 1 rings (SSSR count). The van der Waals surface area contributed by atoms with Gasteiger partial charge in [0, 0.05) is 6.54 Å². The van der Waals surface area contributed by atoms with Crippen molar-refractivity contribution in [2.24, 2.45) is 0 Å². The second kappa shape index (κ2) is 6.20. The van der Waals surface area contributed by atoms with E-state index in [1.165, 1.54) is 4.31 Å². The summed E-state index contributed by atoms with van der Waals surface area (Å²) < 4.78 is 25.4. The van der Waals surface area contributed by atoms with Gasteiger partial charge in [-0.2, -0.15) is 9.57 Å². The molecule has 1 aromatic carbocycles. The van der Waals surface area contributed by atoms with E-state index < -0.39 is 10.0 Å². The smallest absolute Gasteiger partial charge is 0.212 e. The standard InChI is InChI=1S/C13H14N2O2S/c1-3-9-15(4-2)18(16,17)11-13-8-6-5-7-12(13)10-14/h1,5-8H,4,9,11H2,2H3. The van der Waals surface area contributed by atoms with E-state index in [1.807, 2.05) is 6.07 Å². The first-order valence-corrected chi connectivity index (χ1v) is 7.05. The van der Waals surface area contributed by atoms with Crippen LogP contribution in [0.5, 0.6) is 0 Å². The summed E-state index contributed by atoms with van der Waals surface area (Å²) in [7, 11) is -3.48. The topological polar surface area (TPSA) is 61.2 Å². The maximum absolute atomic E-state index is 12.1. The molecule has 1 aromatic rings. The van der Waals surface area contributed by atoms with Gasteiger partial charge in [-0.1, -0.05) is 31.0 Å². The van der Waals surface area contributed by atoms with Gasteiger partial charge in [0.2, 0.25) is 10.0 Å². The molecule has 0 saturated heterocycles. The van der Waals surface area contributed by atoms with Crippen LogP contribution in [0.3, 0.4) is 0 Å². The van der Waals surface area contributed by atoms with Crippen molar-refractivity contribution in [3.63, 3.8) is 0 Å². The van der Waals surface area contributed by atoms with Crippen LogP contribution in [0.2, 0.25) is 0 Å². The molecule has 0 radical (unpaired) electrons. The minimum atomic E-state index is -3.48. The predicted molar refractivity (Wildman–Crippen MR) is 69.9 cm³/mol. The van der Waals surface area contributed by atoms with Crippen molar-refractivity contribution in [3.05, 3.63) is 35.4 Å². The summed E-state index contributed by atoms with van der Waals surface area (Å²) >= 11 is 0. The Hall–Kier alpha value is -1.82. The molecule has 0 atom stereocenters. The fraction of sp³-hybridized carbons (Fsp3) is 0.308. The van der Waals surface area contributed by atoms with Crippen LogP contribution >= 0.6 is 0 Å². The third-order valence-corrected chi connectivity index (χ3v) is 4.34. The second-order valence-electron chi connectivity index (χ2n) is 3.66. The van der Waals surface area contributed by atoms with Gasteiger partial charge in [0.25, 0.3) is 0 Å². The van der Waals surface area contributed by atoms with Gasteiger partial charge in [-0.3, -0.25) is 0 Å². The van der Waals surface area contributed by atoms with Gasteiger partial charge >= 0.3 is 0 Å². The van der Waals surface area contributed by atoms with Gasteiger partial charge in [-0.15, -0.1) is 6.42 Å². The van der Waals surface area contributed by atoms with E-state index in [1.54, 1.807) is 31.2 Å². The second-order valence-corrected chi connectivity index (χ2v) is 5.62. The SMILES string of the molecule is C#CCN(CC)S(=O)(=O)Cc1ccccc1C#N. The fourth-order valence-electron chi connectivity index (χ4n) is 1.55. The Morgan fingerprint density at radius 2 is 2.06 bits per heavy atom. The first kappa shape index (κ1) is 14.2. The van der Waals surface area contributed by atoms with Crippen LogP contribution in [-0.2, 0) is 15.8 Å². The lowest BCUT2D eigenvalue weighted by atomic mass is 10.1. The van der Waals surface area contributed by atoms with E-state index in [2.05, 4.69) is 5.92 Å². The van der Waals surface area contributed by atoms with Crippen molar-refractivity contribution >= 4 is 10.0 Å². The summed E-state index contributed by atoms with van der Waals surface area (Å²) in [5, 5.41) is 8.92. The fourth-order valence-corrected chi connectivity index (χ4v) is 3.04. The number of rotatable bonds is 5. The van der Waals surface area contributed by atoms with Crippen LogP contribution < -0.4 is 0 Å². The van der Waals surface area contributed by atoms with Crippen molar-refractivity contribution in [2.75, 3.05) is 13.1 Å². The summed E-state index contributed by atoms with van der Waals surface area (Å²) in [6, 6.07) is 8.64. The van der Waals surface area contributed by atoms with Crippen LogP contribution in [-0.4, -0.2) is 25.8 Å². The molecule has 0 bridgehead atoms. The third-order valence-electron chi connectivity index (χ3n) is 2.49. The maximum Gasteiger partial charge on any atom is 0.219 e. The molecule has 0 aromatic heterocycles. The van der Waals surface area contributed by atoms with Crippen molar-refractivity contribution in [2.45, 2.75) is 12.7 Å². The zero-order valence-electron chi connectivity index (χ0n) is 10.1.